The molecule has 0 spiro atoms. The van der Waals surface area contributed by atoms with Gasteiger partial charge in [0, 0.05) is 0 Å². The monoisotopic (exact) mass is 306 g/mol. The summed E-state index contributed by atoms with van der Waals surface area (Å²) >= 11 is 0. The third-order valence-electron chi connectivity index (χ3n) is 3.54. The van der Waals surface area contributed by atoms with Gasteiger partial charge in [-0.3, -0.25) is 4.79 Å². The Labute approximate surface area is 124 Å². The molecule has 1 saturated heterocycles. The van der Waals surface area contributed by atoms with E-state index in [9.17, 15) is 25.2 Å². The Morgan fingerprint density at radius 1 is 1.14 bits per heavy atom. The number of rotatable bonds is 5. The van der Waals surface area contributed by atoms with Gasteiger partial charge in [-0.1, -0.05) is 13.8 Å². The zero-order chi connectivity index (χ0) is 16.4. The smallest absolute Gasteiger partial charge is 0.311 e. The minimum atomic E-state index is -1.63. The third kappa shape index (κ3) is 4.62. The molecule has 7 nitrogen and oxygen atoms in total. The van der Waals surface area contributed by atoms with Crippen LogP contribution in [0.5, 0.6) is 0 Å². The van der Waals surface area contributed by atoms with Gasteiger partial charge in [0.05, 0.1) is 5.41 Å². The Kier molecular flexibility index (Phi) is 6.12. The summed E-state index contributed by atoms with van der Waals surface area (Å²) in [5.41, 5.74) is -0.676. The van der Waals surface area contributed by atoms with Crippen molar-refractivity contribution in [2.24, 2.45) is 11.3 Å². The Morgan fingerprint density at radius 3 is 2.24 bits per heavy atom. The van der Waals surface area contributed by atoms with Crippen LogP contribution in [0.3, 0.4) is 0 Å². The molecule has 1 rings (SSSR count). The van der Waals surface area contributed by atoms with Gasteiger partial charge in [-0.05, 0) is 26.2 Å². The van der Waals surface area contributed by atoms with Crippen molar-refractivity contribution in [2.75, 3.05) is 6.61 Å². The minimum absolute atomic E-state index is 0.303. The molecule has 1 fully saturated rings. The van der Waals surface area contributed by atoms with Crippen molar-refractivity contribution >= 4 is 5.97 Å². The zero-order valence-corrected chi connectivity index (χ0v) is 12.9. The second kappa shape index (κ2) is 7.02. The van der Waals surface area contributed by atoms with E-state index in [2.05, 4.69) is 0 Å². The predicted molar refractivity (Wildman–Crippen MR) is 73.1 cm³/mol. The lowest BCUT2D eigenvalue weighted by Crippen LogP contribution is -2.58. The highest BCUT2D eigenvalue weighted by Crippen LogP contribution is 2.27. The van der Waals surface area contributed by atoms with Crippen LogP contribution in [0.15, 0.2) is 0 Å². The van der Waals surface area contributed by atoms with Gasteiger partial charge in [0.2, 0.25) is 0 Å². The molecule has 1 aliphatic heterocycles. The van der Waals surface area contributed by atoms with Crippen molar-refractivity contribution in [1.82, 2.24) is 0 Å². The summed E-state index contributed by atoms with van der Waals surface area (Å²) in [6, 6.07) is 0. The molecule has 7 heteroatoms. The highest BCUT2D eigenvalue weighted by Gasteiger charge is 2.44. The molecular weight excluding hydrogens is 280 g/mol. The summed E-state index contributed by atoms with van der Waals surface area (Å²) in [5.74, 6) is -0.120. The molecule has 0 aromatic heterocycles. The molecule has 5 atom stereocenters. The van der Waals surface area contributed by atoms with E-state index in [0.717, 1.165) is 0 Å². The molecule has 4 N–H and O–H groups in total. The first kappa shape index (κ1) is 18.3. The molecule has 0 amide bonds. The SMILES string of the molecule is CC(C)CC(C)(C)C(=O)OCC1OC(O)C(O)C(O)C1O. The van der Waals surface area contributed by atoms with E-state index >= 15 is 0 Å². The number of aliphatic hydroxyl groups is 4. The fourth-order valence-electron chi connectivity index (χ4n) is 2.53. The largest absolute Gasteiger partial charge is 0.462 e. The fourth-order valence-corrected chi connectivity index (χ4v) is 2.53. The number of hydrogen-bond donors (Lipinski definition) is 4. The van der Waals surface area contributed by atoms with Crippen LogP contribution in [0.1, 0.15) is 34.1 Å². The van der Waals surface area contributed by atoms with Crippen molar-refractivity contribution in [3.63, 3.8) is 0 Å². The Bertz CT molecular complexity index is 355. The Morgan fingerprint density at radius 2 is 1.71 bits per heavy atom. The molecule has 0 saturated carbocycles. The summed E-state index contributed by atoms with van der Waals surface area (Å²) in [6.07, 6.45) is -6.66. The quantitative estimate of drug-likeness (QED) is 0.501. The maximum Gasteiger partial charge on any atom is 0.311 e. The van der Waals surface area contributed by atoms with Crippen LogP contribution < -0.4 is 0 Å². The van der Waals surface area contributed by atoms with E-state index in [-0.39, 0.29) is 6.61 Å². The summed E-state index contributed by atoms with van der Waals surface area (Å²) < 4.78 is 10.1. The highest BCUT2D eigenvalue weighted by atomic mass is 16.6. The van der Waals surface area contributed by atoms with E-state index in [4.69, 9.17) is 9.47 Å². The summed E-state index contributed by atoms with van der Waals surface area (Å²) in [6.45, 7) is 7.22. The van der Waals surface area contributed by atoms with Gasteiger partial charge in [-0.15, -0.1) is 0 Å². The first-order valence-electron chi connectivity index (χ1n) is 7.11. The minimum Gasteiger partial charge on any atom is -0.462 e. The van der Waals surface area contributed by atoms with Crippen LogP contribution in [0, 0.1) is 11.3 Å². The molecule has 0 radical (unpaired) electrons. The van der Waals surface area contributed by atoms with Crippen LogP contribution in [-0.2, 0) is 14.3 Å². The lowest BCUT2D eigenvalue weighted by atomic mass is 9.84. The van der Waals surface area contributed by atoms with Crippen LogP contribution >= 0.6 is 0 Å². The maximum absolute atomic E-state index is 12.0. The highest BCUT2D eigenvalue weighted by molar-refractivity contribution is 5.75. The summed E-state index contributed by atoms with van der Waals surface area (Å²) in [7, 11) is 0. The van der Waals surface area contributed by atoms with Crippen molar-refractivity contribution < 1.29 is 34.7 Å². The first-order valence-corrected chi connectivity index (χ1v) is 7.11. The molecule has 5 unspecified atom stereocenters. The number of carbonyl (C=O) groups is 1. The van der Waals surface area contributed by atoms with Crippen LogP contribution in [0.2, 0.25) is 0 Å². The number of hydrogen-bond acceptors (Lipinski definition) is 7. The number of carbonyl (C=O) groups excluding carboxylic acids is 1. The van der Waals surface area contributed by atoms with Crippen molar-refractivity contribution in [3.8, 4) is 0 Å². The molecular formula is C14H26O7. The molecule has 0 bridgehead atoms. The molecule has 1 heterocycles. The van der Waals surface area contributed by atoms with E-state index in [1.54, 1.807) is 13.8 Å². The van der Waals surface area contributed by atoms with Crippen molar-refractivity contribution in [1.29, 1.82) is 0 Å². The Hall–Kier alpha value is -0.730. The van der Waals surface area contributed by atoms with Crippen LogP contribution in [-0.4, -0.2) is 63.7 Å². The average Bonchev–Trinajstić information content (AvgIpc) is 2.37. The van der Waals surface area contributed by atoms with Gasteiger partial charge < -0.3 is 29.9 Å². The van der Waals surface area contributed by atoms with E-state index in [1.807, 2.05) is 13.8 Å². The lowest BCUT2D eigenvalue weighted by Gasteiger charge is -2.38. The molecule has 1 aliphatic rings. The summed E-state index contributed by atoms with van der Waals surface area (Å²) in [4.78, 5) is 12.0. The van der Waals surface area contributed by atoms with Gasteiger partial charge in [0.25, 0.3) is 0 Å². The van der Waals surface area contributed by atoms with Gasteiger partial charge in [0.15, 0.2) is 6.29 Å². The van der Waals surface area contributed by atoms with Gasteiger partial charge >= 0.3 is 5.97 Å². The molecule has 0 aromatic carbocycles. The molecule has 0 aromatic rings. The normalized spacial score (nSPS) is 34.0. The van der Waals surface area contributed by atoms with E-state index < -0.39 is 42.1 Å². The zero-order valence-electron chi connectivity index (χ0n) is 12.9. The predicted octanol–water partition coefficient (Wildman–Crippen LogP) is -0.598. The average molecular weight is 306 g/mol. The van der Waals surface area contributed by atoms with Crippen molar-refractivity contribution in [3.05, 3.63) is 0 Å². The number of esters is 1. The second-order valence-electron chi connectivity index (χ2n) is 6.62. The van der Waals surface area contributed by atoms with E-state index in [0.29, 0.717) is 12.3 Å². The summed E-state index contributed by atoms with van der Waals surface area (Å²) in [5, 5.41) is 38.0. The molecule has 0 aliphatic carbocycles. The molecule has 124 valence electrons. The van der Waals surface area contributed by atoms with E-state index in [1.165, 1.54) is 0 Å². The number of ether oxygens (including phenoxy) is 2. The standard InChI is InChI=1S/C14H26O7/c1-7(2)5-14(3,4)13(19)20-6-8-9(15)10(16)11(17)12(18)21-8/h7-12,15-18H,5-6H2,1-4H3. The van der Waals surface area contributed by atoms with Crippen LogP contribution in [0.25, 0.3) is 0 Å². The van der Waals surface area contributed by atoms with Crippen molar-refractivity contribution in [2.45, 2.75) is 64.8 Å². The second-order valence-corrected chi connectivity index (χ2v) is 6.62. The van der Waals surface area contributed by atoms with Gasteiger partial charge in [-0.2, -0.15) is 0 Å². The van der Waals surface area contributed by atoms with Gasteiger partial charge in [0.1, 0.15) is 31.0 Å². The Balaban J connectivity index is 2.56. The van der Waals surface area contributed by atoms with Gasteiger partial charge in [-0.25, -0.2) is 0 Å². The maximum atomic E-state index is 12.0. The fraction of sp³-hybridized carbons (Fsp3) is 0.929. The molecule has 21 heavy (non-hydrogen) atoms. The first-order chi connectivity index (χ1) is 9.56. The van der Waals surface area contributed by atoms with Crippen LogP contribution in [0.4, 0.5) is 0 Å². The number of aliphatic hydroxyl groups excluding tert-OH is 4. The lowest BCUT2D eigenvalue weighted by molar-refractivity contribution is -0.287. The third-order valence-corrected chi connectivity index (χ3v) is 3.54. The topological polar surface area (TPSA) is 116 Å².